The zero-order valence-electron chi connectivity index (χ0n) is 19.3. The van der Waals surface area contributed by atoms with Gasteiger partial charge in [-0.15, -0.1) is 13.2 Å². The number of hydrogen-bond donors (Lipinski definition) is 1. The van der Waals surface area contributed by atoms with Crippen LogP contribution in [0.5, 0.6) is 0 Å². The van der Waals surface area contributed by atoms with Crippen LogP contribution in [-0.4, -0.2) is 30.1 Å². The number of aliphatic carboxylic acids is 1. The molecule has 0 saturated heterocycles. The van der Waals surface area contributed by atoms with Gasteiger partial charge < -0.3 is 14.6 Å². The van der Waals surface area contributed by atoms with E-state index in [1.165, 1.54) is 38.5 Å². The quantitative estimate of drug-likeness (QED) is 0.130. The average Bonchev–Trinajstić information content (AvgIpc) is 2.64. The Kier molecular flexibility index (Phi) is 16.0. The van der Waals surface area contributed by atoms with Crippen molar-refractivity contribution in [2.75, 3.05) is 13.2 Å². The van der Waals surface area contributed by atoms with E-state index in [-0.39, 0.29) is 5.41 Å². The molecular formula is C25H46O4. The summed E-state index contributed by atoms with van der Waals surface area (Å²) in [4.78, 5) is 10.5. The molecule has 0 unspecified atom stereocenters. The van der Waals surface area contributed by atoms with Crippen molar-refractivity contribution in [1.82, 2.24) is 0 Å². The molecule has 0 bridgehead atoms. The largest absolute Gasteiger partial charge is 0.481 e. The molecule has 170 valence electrons. The maximum absolute atomic E-state index is 10.5. The van der Waals surface area contributed by atoms with Crippen molar-refractivity contribution < 1.29 is 19.4 Å². The van der Waals surface area contributed by atoms with Crippen molar-refractivity contribution in [3.63, 3.8) is 0 Å². The molecule has 0 radical (unpaired) electrons. The van der Waals surface area contributed by atoms with Crippen LogP contribution in [0.1, 0.15) is 104 Å². The van der Waals surface area contributed by atoms with E-state index in [2.05, 4.69) is 33.9 Å². The summed E-state index contributed by atoms with van der Waals surface area (Å²) in [6.45, 7) is 15.2. The number of ether oxygens (including phenoxy) is 2. The molecule has 0 aromatic rings. The first kappa shape index (κ1) is 27.9. The summed E-state index contributed by atoms with van der Waals surface area (Å²) in [5.41, 5.74) is 0.118. The molecule has 0 fully saturated rings. The highest BCUT2D eigenvalue weighted by Gasteiger charge is 2.35. The van der Waals surface area contributed by atoms with Crippen LogP contribution in [0.2, 0.25) is 0 Å². The molecule has 0 spiro atoms. The predicted molar refractivity (Wildman–Crippen MR) is 122 cm³/mol. The second kappa shape index (κ2) is 16.6. The van der Waals surface area contributed by atoms with Crippen molar-refractivity contribution in [3.8, 4) is 0 Å². The van der Waals surface area contributed by atoms with Gasteiger partial charge in [0.05, 0.1) is 13.2 Å². The SMILES string of the molecule is C=CCOC(CCCCCCCCCCCCC(=O)O)(CC(C)(C)C)OCC=C. The highest BCUT2D eigenvalue weighted by atomic mass is 16.7. The van der Waals surface area contributed by atoms with Gasteiger partial charge in [-0.05, 0) is 18.3 Å². The summed E-state index contributed by atoms with van der Waals surface area (Å²) >= 11 is 0. The monoisotopic (exact) mass is 410 g/mol. The number of rotatable bonds is 20. The third-order valence-corrected chi connectivity index (χ3v) is 4.93. The molecule has 0 aromatic carbocycles. The first-order chi connectivity index (χ1) is 13.7. The number of carbonyl (C=O) groups is 1. The minimum atomic E-state index is -0.679. The summed E-state index contributed by atoms with van der Waals surface area (Å²) in [7, 11) is 0. The van der Waals surface area contributed by atoms with Crippen LogP contribution in [0.15, 0.2) is 25.3 Å². The highest BCUT2D eigenvalue weighted by molar-refractivity contribution is 5.66. The fourth-order valence-corrected chi connectivity index (χ4v) is 3.69. The first-order valence-corrected chi connectivity index (χ1v) is 11.5. The van der Waals surface area contributed by atoms with Crippen LogP contribution in [0.25, 0.3) is 0 Å². The number of carboxylic acids is 1. The molecule has 0 aliphatic rings. The van der Waals surface area contributed by atoms with Crippen LogP contribution >= 0.6 is 0 Å². The van der Waals surface area contributed by atoms with Gasteiger partial charge in [-0.1, -0.05) is 84.3 Å². The van der Waals surface area contributed by atoms with Crippen molar-refractivity contribution in [1.29, 1.82) is 0 Å². The maximum atomic E-state index is 10.5. The fraction of sp³-hybridized carbons (Fsp3) is 0.800. The van der Waals surface area contributed by atoms with Gasteiger partial charge in [-0.2, -0.15) is 0 Å². The summed E-state index contributed by atoms with van der Waals surface area (Å²) < 4.78 is 12.3. The molecule has 4 nitrogen and oxygen atoms in total. The van der Waals surface area contributed by atoms with E-state index in [9.17, 15) is 4.79 Å². The molecule has 0 atom stereocenters. The highest BCUT2D eigenvalue weighted by Crippen LogP contribution is 2.35. The number of hydrogen-bond acceptors (Lipinski definition) is 3. The first-order valence-electron chi connectivity index (χ1n) is 11.5. The van der Waals surface area contributed by atoms with Crippen LogP contribution in [0.3, 0.4) is 0 Å². The summed E-state index contributed by atoms with van der Waals surface area (Å²) in [5, 5.41) is 8.62. The van der Waals surface area contributed by atoms with Crippen LogP contribution in [0.4, 0.5) is 0 Å². The minimum Gasteiger partial charge on any atom is -0.481 e. The minimum absolute atomic E-state index is 0.118. The Hall–Kier alpha value is -1.13. The lowest BCUT2D eigenvalue weighted by Crippen LogP contribution is -2.40. The third kappa shape index (κ3) is 17.4. The molecule has 0 saturated carbocycles. The van der Waals surface area contributed by atoms with Crippen LogP contribution in [-0.2, 0) is 14.3 Å². The normalized spacial score (nSPS) is 12.1. The molecule has 0 aromatic heterocycles. The van der Waals surface area contributed by atoms with Crippen LogP contribution < -0.4 is 0 Å². The van der Waals surface area contributed by atoms with Crippen molar-refractivity contribution in [3.05, 3.63) is 25.3 Å². The van der Waals surface area contributed by atoms with E-state index in [4.69, 9.17) is 14.6 Å². The Morgan fingerprint density at radius 2 is 1.21 bits per heavy atom. The van der Waals surface area contributed by atoms with Crippen molar-refractivity contribution in [2.24, 2.45) is 5.41 Å². The number of carboxylic acid groups (broad SMARTS) is 1. The molecular weight excluding hydrogens is 364 g/mol. The van der Waals surface area contributed by atoms with Gasteiger partial charge in [0.25, 0.3) is 0 Å². The molecule has 0 amide bonds. The molecule has 0 heterocycles. The molecule has 4 heteroatoms. The Bertz CT molecular complexity index is 425. The van der Waals surface area contributed by atoms with Gasteiger partial charge in [0.1, 0.15) is 0 Å². The zero-order chi connectivity index (χ0) is 22.0. The van der Waals surface area contributed by atoms with Gasteiger partial charge in [0.15, 0.2) is 5.79 Å². The molecule has 0 rings (SSSR count). The Morgan fingerprint density at radius 1 is 0.793 bits per heavy atom. The lowest BCUT2D eigenvalue weighted by molar-refractivity contribution is -0.245. The fourth-order valence-electron chi connectivity index (χ4n) is 3.69. The smallest absolute Gasteiger partial charge is 0.303 e. The average molecular weight is 411 g/mol. The molecule has 29 heavy (non-hydrogen) atoms. The Labute approximate surface area is 179 Å². The maximum Gasteiger partial charge on any atom is 0.303 e. The molecule has 0 aliphatic heterocycles. The van der Waals surface area contributed by atoms with Gasteiger partial charge in [0.2, 0.25) is 0 Å². The Balaban J connectivity index is 4.09. The van der Waals surface area contributed by atoms with Gasteiger partial charge >= 0.3 is 5.97 Å². The lowest BCUT2D eigenvalue weighted by atomic mass is 9.85. The summed E-state index contributed by atoms with van der Waals surface area (Å²) in [5.74, 6) is -1.24. The van der Waals surface area contributed by atoms with E-state index in [1.54, 1.807) is 12.2 Å². The standard InChI is InChI=1S/C25H46O4/c1-6-20-28-25(29-21-7-2,22-24(3,4)5)19-17-15-13-11-9-8-10-12-14-16-18-23(26)27/h6-7H,1-2,8-22H2,3-5H3,(H,26,27). The zero-order valence-corrected chi connectivity index (χ0v) is 19.3. The van der Waals surface area contributed by atoms with Crippen molar-refractivity contribution >= 4 is 5.97 Å². The van der Waals surface area contributed by atoms with Gasteiger partial charge in [-0.3, -0.25) is 4.79 Å². The summed E-state index contributed by atoms with van der Waals surface area (Å²) in [6, 6.07) is 0. The van der Waals surface area contributed by atoms with E-state index < -0.39 is 11.8 Å². The van der Waals surface area contributed by atoms with E-state index in [0.29, 0.717) is 19.6 Å². The topological polar surface area (TPSA) is 55.8 Å². The van der Waals surface area contributed by atoms with Gasteiger partial charge in [0, 0.05) is 19.3 Å². The molecule has 0 aliphatic carbocycles. The van der Waals surface area contributed by atoms with E-state index in [1.807, 2.05) is 0 Å². The Morgan fingerprint density at radius 3 is 1.59 bits per heavy atom. The number of unbranched alkanes of at least 4 members (excludes halogenated alkanes) is 9. The van der Waals surface area contributed by atoms with Crippen LogP contribution in [0, 0.1) is 5.41 Å². The summed E-state index contributed by atoms with van der Waals surface area (Å²) in [6.07, 6.45) is 17.2. The van der Waals surface area contributed by atoms with Gasteiger partial charge in [-0.25, -0.2) is 0 Å². The second-order valence-corrected chi connectivity index (χ2v) is 9.28. The van der Waals surface area contributed by atoms with E-state index in [0.717, 1.165) is 38.5 Å². The van der Waals surface area contributed by atoms with Crippen molar-refractivity contribution in [2.45, 2.75) is 110 Å². The lowest BCUT2D eigenvalue weighted by Gasteiger charge is -2.38. The van der Waals surface area contributed by atoms with E-state index >= 15 is 0 Å². The predicted octanol–water partition coefficient (Wildman–Crippen LogP) is 7.29. The molecule has 1 N–H and O–H groups in total. The second-order valence-electron chi connectivity index (χ2n) is 9.28. The third-order valence-electron chi connectivity index (χ3n) is 4.93.